The molecule has 170 valence electrons. The summed E-state index contributed by atoms with van der Waals surface area (Å²) in [6.45, 7) is 2.23. The Morgan fingerprint density at radius 3 is 1.78 bits per heavy atom. The van der Waals surface area contributed by atoms with Gasteiger partial charge in [0.15, 0.2) is 0 Å². The number of hydrogen-bond acceptors (Lipinski definition) is 1. The van der Waals surface area contributed by atoms with Crippen molar-refractivity contribution >= 4 is 32.3 Å². The van der Waals surface area contributed by atoms with Gasteiger partial charge in [-0.05, 0) is 84.3 Å². The summed E-state index contributed by atoms with van der Waals surface area (Å²) in [6, 6.07) is 40.0. The molecule has 0 saturated carbocycles. The van der Waals surface area contributed by atoms with Crippen molar-refractivity contribution in [2.24, 2.45) is 0 Å². The van der Waals surface area contributed by atoms with Crippen molar-refractivity contribution in [1.82, 2.24) is 4.98 Å². The molecular formula is C35H25N. The van der Waals surface area contributed by atoms with Crippen LogP contribution in [0.1, 0.15) is 12.5 Å². The van der Waals surface area contributed by atoms with Crippen LogP contribution in [0.15, 0.2) is 122 Å². The Morgan fingerprint density at radius 1 is 0.528 bits per heavy atom. The van der Waals surface area contributed by atoms with Gasteiger partial charge in [0.05, 0.1) is 0 Å². The van der Waals surface area contributed by atoms with Crippen LogP contribution in [-0.2, 0) is 6.42 Å². The third-order valence-corrected chi connectivity index (χ3v) is 7.46. The molecule has 0 atom stereocenters. The maximum absolute atomic E-state index is 4.44. The van der Waals surface area contributed by atoms with Crippen LogP contribution in [0.5, 0.6) is 0 Å². The Morgan fingerprint density at radius 2 is 1.14 bits per heavy atom. The highest BCUT2D eigenvalue weighted by molar-refractivity contribution is 6.28. The minimum atomic E-state index is 1.04. The van der Waals surface area contributed by atoms with E-state index in [0.717, 1.165) is 12.0 Å². The summed E-state index contributed by atoms with van der Waals surface area (Å²) in [5, 5.41) is 7.91. The molecule has 7 rings (SSSR count). The molecule has 1 aromatic heterocycles. The van der Waals surface area contributed by atoms with Gasteiger partial charge in [0.25, 0.3) is 0 Å². The average molecular weight is 460 g/mol. The van der Waals surface area contributed by atoms with E-state index < -0.39 is 0 Å². The Balaban J connectivity index is 1.54. The van der Waals surface area contributed by atoms with Crippen molar-refractivity contribution in [3.63, 3.8) is 0 Å². The normalized spacial score (nSPS) is 11.6. The molecule has 0 unspecified atom stereocenters. The Kier molecular flexibility index (Phi) is 4.82. The van der Waals surface area contributed by atoms with Crippen molar-refractivity contribution in [2.75, 3.05) is 0 Å². The molecule has 7 aromatic rings. The van der Waals surface area contributed by atoms with Crippen molar-refractivity contribution in [1.29, 1.82) is 0 Å². The van der Waals surface area contributed by atoms with Gasteiger partial charge >= 0.3 is 0 Å². The summed E-state index contributed by atoms with van der Waals surface area (Å²) in [5.41, 5.74) is 8.71. The van der Waals surface area contributed by atoms with Crippen molar-refractivity contribution in [3.8, 4) is 33.4 Å². The highest BCUT2D eigenvalue weighted by atomic mass is 14.6. The van der Waals surface area contributed by atoms with E-state index in [1.165, 1.54) is 65.7 Å². The molecule has 0 aliphatic heterocycles. The quantitative estimate of drug-likeness (QED) is 0.239. The Bertz CT molecular complexity index is 1810. The van der Waals surface area contributed by atoms with E-state index in [4.69, 9.17) is 0 Å². The maximum Gasteiger partial charge on any atom is 0.0346 e. The number of hydrogen-bond donors (Lipinski definition) is 0. The lowest BCUT2D eigenvalue weighted by atomic mass is 9.85. The topological polar surface area (TPSA) is 12.9 Å². The van der Waals surface area contributed by atoms with Gasteiger partial charge in [-0.3, -0.25) is 4.98 Å². The second kappa shape index (κ2) is 8.32. The standard InChI is InChI=1S/C35H25N/c1-2-23-19-27-14-16-30-32(26-12-10-25(11-13-26)24-7-4-3-5-8-24)21-33(29-9-6-18-36-22-29)31-17-15-28(20-23)34(27)35(30)31/h3-22H,2H2,1H3. The number of aromatic nitrogens is 1. The second-order valence-corrected chi connectivity index (χ2v) is 9.53. The first kappa shape index (κ1) is 20.8. The third-order valence-electron chi connectivity index (χ3n) is 7.46. The van der Waals surface area contributed by atoms with Crippen LogP contribution in [0.2, 0.25) is 0 Å². The molecular weight excluding hydrogens is 434 g/mol. The van der Waals surface area contributed by atoms with Gasteiger partial charge in [-0.1, -0.05) is 104 Å². The van der Waals surface area contributed by atoms with Crippen molar-refractivity contribution in [3.05, 3.63) is 127 Å². The number of pyridine rings is 1. The van der Waals surface area contributed by atoms with Gasteiger partial charge in [-0.25, -0.2) is 0 Å². The van der Waals surface area contributed by atoms with Crippen LogP contribution in [0.25, 0.3) is 65.7 Å². The molecule has 0 radical (unpaired) electrons. The first-order chi connectivity index (χ1) is 17.8. The van der Waals surface area contributed by atoms with E-state index in [0.29, 0.717) is 0 Å². The van der Waals surface area contributed by atoms with Crippen LogP contribution in [0, 0.1) is 0 Å². The third kappa shape index (κ3) is 3.28. The summed E-state index contributed by atoms with van der Waals surface area (Å²) in [7, 11) is 0. The maximum atomic E-state index is 4.44. The molecule has 0 fully saturated rings. The number of aryl methyl sites for hydroxylation is 1. The smallest absolute Gasteiger partial charge is 0.0346 e. The van der Waals surface area contributed by atoms with Crippen LogP contribution in [-0.4, -0.2) is 4.98 Å². The Hall–Kier alpha value is -4.49. The SMILES string of the molecule is CCc1cc2ccc3c(-c4ccc(-c5ccccc5)cc4)cc(-c4cccnc4)c4ccc(c1)c2c34. The molecule has 0 saturated heterocycles. The van der Waals surface area contributed by atoms with Gasteiger partial charge in [0, 0.05) is 18.0 Å². The molecule has 1 heterocycles. The summed E-state index contributed by atoms with van der Waals surface area (Å²) in [6.07, 6.45) is 4.86. The fourth-order valence-corrected chi connectivity index (χ4v) is 5.66. The zero-order chi connectivity index (χ0) is 24.1. The molecule has 0 bridgehead atoms. The molecule has 0 spiro atoms. The molecule has 0 aliphatic carbocycles. The second-order valence-electron chi connectivity index (χ2n) is 9.53. The largest absolute Gasteiger partial charge is 0.264 e. The van der Waals surface area contributed by atoms with E-state index in [2.05, 4.69) is 115 Å². The highest BCUT2D eigenvalue weighted by Crippen LogP contribution is 2.44. The van der Waals surface area contributed by atoms with E-state index in [-0.39, 0.29) is 0 Å². The van der Waals surface area contributed by atoms with Gasteiger partial charge in [0.2, 0.25) is 0 Å². The van der Waals surface area contributed by atoms with E-state index in [1.54, 1.807) is 0 Å². The summed E-state index contributed by atoms with van der Waals surface area (Å²) in [4.78, 5) is 4.44. The lowest BCUT2D eigenvalue weighted by Gasteiger charge is -2.18. The van der Waals surface area contributed by atoms with E-state index in [1.807, 2.05) is 18.5 Å². The zero-order valence-corrected chi connectivity index (χ0v) is 20.2. The fraction of sp³-hybridized carbons (Fsp3) is 0.0571. The molecule has 0 N–H and O–H groups in total. The molecule has 36 heavy (non-hydrogen) atoms. The highest BCUT2D eigenvalue weighted by Gasteiger charge is 2.17. The summed E-state index contributed by atoms with van der Waals surface area (Å²) in [5.74, 6) is 0. The van der Waals surface area contributed by atoms with Crippen molar-refractivity contribution < 1.29 is 0 Å². The predicted octanol–water partition coefficient (Wildman–Crippen LogP) is 9.54. The molecule has 0 aliphatic rings. The summed E-state index contributed by atoms with van der Waals surface area (Å²) < 4.78 is 0. The molecule has 0 amide bonds. The molecule has 1 heteroatoms. The van der Waals surface area contributed by atoms with E-state index >= 15 is 0 Å². The van der Waals surface area contributed by atoms with Crippen LogP contribution < -0.4 is 0 Å². The molecule has 1 nitrogen and oxygen atoms in total. The molecule has 6 aromatic carbocycles. The fourth-order valence-electron chi connectivity index (χ4n) is 5.66. The first-order valence-corrected chi connectivity index (χ1v) is 12.6. The average Bonchev–Trinajstić information content (AvgIpc) is 2.96. The van der Waals surface area contributed by atoms with Crippen LogP contribution >= 0.6 is 0 Å². The van der Waals surface area contributed by atoms with Gasteiger partial charge in [-0.2, -0.15) is 0 Å². The minimum absolute atomic E-state index is 1.04. The van der Waals surface area contributed by atoms with Gasteiger partial charge in [0.1, 0.15) is 0 Å². The lowest BCUT2D eigenvalue weighted by Crippen LogP contribution is -1.92. The van der Waals surface area contributed by atoms with Gasteiger partial charge in [-0.15, -0.1) is 0 Å². The Labute approximate surface area is 211 Å². The minimum Gasteiger partial charge on any atom is -0.264 e. The van der Waals surface area contributed by atoms with Gasteiger partial charge < -0.3 is 0 Å². The monoisotopic (exact) mass is 459 g/mol. The number of benzene rings is 6. The first-order valence-electron chi connectivity index (χ1n) is 12.6. The van der Waals surface area contributed by atoms with Crippen LogP contribution in [0.4, 0.5) is 0 Å². The predicted molar refractivity (Wildman–Crippen MR) is 154 cm³/mol. The van der Waals surface area contributed by atoms with E-state index in [9.17, 15) is 0 Å². The lowest BCUT2D eigenvalue weighted by molar-refractivity contribution is 1.15. The zero-order valence-electron chi connectivity index (χ0n) is 20.2. The number of rotatable bonds is 4. The number of nitrogens with zero attached hydrogens (tertiary/aromatic N) is 1. The van der Waals surface area contributed by atoms with Crippen molar-refractivity contribution in [2.45, 2.75) is 13.3 Å². The summed E-state index contributed by atoms with van der Waals surface area (Å²) >= 11 is 0. The van der Waals surface area contributed by atoms with Crippen LogP contribution in [0.3, 0.4) is 0 Å².